The van der Waals surface area contributed by atoms with Gasteiger partial charge in [-0.3, -0.25) is 0 Å². The van der Waals surface area contributed by atoms with Gasteiger partial charge in [0.2, 0.25) is 0 Å². The van der Waals surface area contributed by atoms with Crippen LogP contribution in [0.25, 0.3) is 17.2 Å². The van der Waals surface area contributed by atoms with E-state index < -0.39 is 19.4 Å². The molecular formula is C23H27Cl2Zr. The van der Waals surface area contributed by atoms with Crippen molar-refractivity contribution in [1.82, 2.24) is 0 Å². The second-order valence-corrected chi connectivity index (χ2v) is 16.2. The Morgan fingerprint density at radius 2 is 1.77 bits per heavy atom. The summed E-state index contributed by atoms with van der Waals surface area (Å²) in [7, 11) is 13.2. The summed E-state index contributed by atoms with van der Waals surface area (Å²) in [5.74, 6) is 0.479. The molecule has 0 aromatic heterocycles. The standard InChI is InChI=1S/C23H27.2ClH.Zr/c1-5-9-17-14-19-12-13-20(16(3)4)23(22(19)15-17)21-11-8-7-10-18(21)6-2;;;/h7-8,10-16H,5-6,9H2,1-4H3;2*1H;/q;;;+2/p-2. The monoisotopic (exact) mass is 463 g/mol. The second-order valence-electron chi connectivity index (χ2n) is 7.39. The molecule has 26 heavy (non-hydrogen) atoms. The number of hydrogen-bond acceptors (Lipinski definition) is 0. The van der Waals surface area contributed by atoms with Crippen LogP contribution in [-0.2, 0) is 25.8 Å². The van der Waals surface area contributed by atoms with E-state index in [0.29, 0.717) is 9.54 Å². The molecule has 0 radical (unpaired) electrons. The Bertz CT molecular complexity index is 821. The summed E-state index contributed by atoms with van der Waals surface area (Å²) < 4.78 is 0.310. The molecule has 1 unspecified atom stereocenters. The second kappa shape index (κ2) is 8.77. The van der Waals surface area contributed by atoms with Crippen LogP contribution in [0.3, 0.4) is 0 Å². The molecule has 1 aliphatic carbocycles. The zero-order chi connectivity index (χ0) is 18.8. The third-order valence-electron chi connectivity index (χ3n) is 5.37. The van der Waals surface area contributed by atoms with E-state index in [4.69, 9.17) is 17.0 Å². The van der Waals surface area contributed by atoms with E-state index in [2.05, 4.69) is 70.2 Å². The van der Waals surface area contributed by atoms with Gasteiger partial charge in [0, 0.05) is 0 Å². The summed E-state index contributed by atoms with van der Waals surface area (Å²) in [5, 5.41) is 0. The first kappa shape index (κ1) is 20.4. The Morgan fingerprint density at radius 3 is 2.38 bits per heavy atom. The molecule has 1 atom stereocenters. The molecule has 0 saturated carbocycles. The van der Waals surface area contributed by atoms with E-state index in [1.54, 1.807) is 0 Å². The summed E-state index contributed by atoms with van der Waals surface area (Å²) >= 11 is -2.45. The molecule has 0 fully saturated rings. The molecule has 0 saturated heterocycles. The third kappa shape index (κ3) is 3.78. The van der Waals surface area contributed by atoms with Crippen molar-refractivity contribution in [3.8, 4) is 11.1 Å². The molecule has 137 valence electrons. The molecule has 0 heterocycles. The van der Waals surface area contributed by atoms with Gasteiger partial charge < -0.3 is 0 Å². The van der Waals surface area contributed by atoms with Gasteiger partial charge in [0.05, 0.1) is 0 Å². The van der Waals surface area contributed by atoms with Gasteiger partial charge >= 0.3 is 174 Å². The molecule has 0 spiro atoms. The van der Waals surface area contributed by atoms with E-state index in [9.17, 15) is 0 Å². The van der Waals surface area contributed by atoms with Crippen molar-refractivity contribution in [1.29, 1.82) is 0 Å². The van der Waals surface area contributed by atoms with Gasteiger partial charge in [0.1, 0.15) is 0 Å². The third-order valence-corrected chi connectivity index (χ3v) is 10.7. The van der Waals surface area contributed by atoms with Crippen molar-refractivity contribution in [3.05, 3.63) is 64.2 Å². The Morgan fingerprint density at radius 1 is 1.04 bits per heavy atom. The molecule has 0 amide bonds. The van der Waals surface area contributed by atoms with Crippen LogP contribution in [0.2, 0.25) is 0 Å². The molecule has 2 aromatic rings. The van der Waals surface area contributed by atoms with Crippen LogP contribution in [-0.4, -0.2) is 0 Å². The van der Waals surface area contributed by atoms with Crippen LogP contribution in [0.4, 0.5) is 0 Å². The normalized spacial score (nSPS) is 16.0. The summed E-state index contributed by atoms with van der Waals surface area (Å²) in [5.41, 5.74) is 9.82. The van der Waals surface area contributed by atoms with E-state index in [1.807, 2.05) is 0 Å². The van der Waals surface area contributed by atoms with E-state index in [-0.39, 0.29) is 0 Å². The SMILES string of the molecule is CCCC1=Cc2c(ccc(C(C)C)c2-c2ccccc2CC)[CH]1[Zr]([Cl])[Cl]. The molecule has 0 bridgehead atoms. The van der Waals surface area contributed by atoms with Crippen LogP contribution in [0.15, 0.2) is 42.0 Å². The Hall–Kier alpha value is -0.357. The minimum absolute atomic E-state index is 0.310. The quantitative estimate of drug-likeness (QED) is 0.403. The minimum atomic E-state index is -2.45. The first-order valence-electron chi connectivity index (χ1n) is 9.62. The van der Waals surface area contributed by atoms with Crippen LogP contribution in [0.1, 0.15) is 72.3 Å². The predicted octanol–water partition coefficient (Wildman–Crippen LogP) is 8.20. The van der Waals surface area contributed by atoms with Crippen molar-refractivity contribution in [3.63, 3.8) is 0 Å². The number of benzene rings is 2. The summed E-state index contributed by atoms with van der Waals surface area (Å²) in [6.45, 7) is 9.04. The van der Waals surface area contributed by atoms with Crippen LogP contribution in [0, 0.1) is 0 Å². The number of hydrogen-bond donors (Lipinski definition) is 0. The van der Waals surface area contributed by atoms with Gasteiger partial charge in [-0.25, -0.2) is 0 Å². The Labute approximate surface area is 173 Å². The van der Waals surface area contributed by atoms with Crippen molar-refractivity contribution in [2.75, 3.05) is 0 Å². The first-order valence-corrected chi connectivity index (χ1v) is 17.4. The maximum atomic E-state index is 6.62. The molecular weight excluding hydrogens is 438 g/mol. The number of halogens is 2. The van der Waals surface area contributed by atoms with Crippen molar-refractivity contribution in [2.24, 2.45) is 0 Å². The summed E-state index contributed by atoms with van der Waals surface area (Å²) in [4.78, 5) is 0. The first-order chi connectivity index (χ1) is 12.5. The molecule has 3 rings (SSSR count). The average Bonchev–Trinajstić information content (AvgIpc) is 2.99. The molecule has 0 aliphatic heterocycles. The van der Waals surface area contributed by atoms with Gasteiger partial charge in [0.15, 0.2) is 0 Å². The van der Waals surface area contributed by atoms with Gasteiger partial charge in [-0.15, -0.1) is 0 Å². The fourth-order valence-electron chi connectivity index (χ4n) is 4.15. The Balaban J connectivity index is 2.31. The maximum absolute atomic E-state index is 6.62. The number of rotatable bonds is 6. The molecule has 0 N–H and O–H groups in total. The zero-order valence-corrected chi connectivity index (χ0v) is 20.0. The van der Waals surface area contributed by atoms with E-state index in [1.165, 1.54) is 39.0 Å². The average molecular weight is 466 g/mol. The Kier molecular flexibility index (Phi) is 6.87. The molecule has 3 heteroatoms. The zero-order valence-electron chi connectivity index (χ0n) is 16.1. The summed E-state index contributed by atoms with van der Waals surface area (Å²) in [6.07, 6.45) is 5.69. The van der Waals surface area contributed by atoms with Gasteiger partial charge in [-0.1, -0.05) is 0 Å². The van der Waals surface area contributed by atoms with Crippen molar-refractivity contribution >= 4 is 23.1 Å². The topological polar surface area (TPSA) is 0 Å². The van der Waals surface area contributed by atoms with Crippen molar-refractivity contribution in [2.45, 2.75) is 56.5 Å². The van der Waals surface area contributed by atoms with Crippen LogP contribution >= 0.6 is 17.0 Å². The fraction of sp³-hybridized carbons (Fsp3) is 0.391. The van der Waals surface area contributed by atoms with Gasteiger partial charge in [-0.2, -0.15) is 0 Å². The molecule has 0 nitrogen and oxygen atoms in total. The van der Waals surface area contributed by atoms with Gasteiger partial charge in [-0.05, 0) is 0 Å². The predicted molar refractivity (Wildman–Crippen MR) is 113 cm³/mol. The molecule has 2 aromatic carbocycles. The van der Waals surface area contributed by atoms with Crippen molar-refractivity contribution < 1.29 is 19.4 Å². The number of allylic oxidation sites excluding steroid dienone is 1. The number of fused-ring (bicyclic) bond motifs is 1. The van der Waals surface area contributed by atoms with Gasteiger partial charge in [0.25, 0.3) is 0 Å². The van der Waals surface area contributed by atoms with Crippen LogP contribution < -0.4 is 0 Å². The van der Waals surface area contributed by atoms with Crippen LogP contribution in [0.5, 0.6) is 0 Å². The number of aryl methyl sites for hydroxylation is 1. The van der Waals surface area contributed by atoms with E-state index >= 15 is 0 Å². The fourth-order valence-corrected chi connectivity index (χ4v) is 9.64. The summed E-state index contributed by atoms with van der Waals surface area (Å²) in [6, 6.07) is 13.5. The van der Waals surface area contributed by atoms with E-state index in [0.717, 1.165) is 19.3 Å². The molecule has 1 aliphatic rings.